The summed E-state index contributed by atoms with van der Waals surface area (Å²) in [4.78, 5) is 11.5. The van der Waals surface area contributed by atoms with Crippen LogP contribution in [0.3, 0.4) is 0 Å². The smallest absolute Gasteiger partial charge is 0.233 e. The van der Waals surface area contributed by atoms with Gasteiger partial charge in [-0.2, -0.15) is 0 Å². The van der Waals surface area contributed by atoms with Gasteiger partial charge in [-0.3, -0.25) is 4.79 Å². The Hall–Kier alpha value is -1.23. The van der Waals surface area contributed by atoms with Crippen molar-refractivity contribution < 1.29 is 14.3 Å². The zero-order chi connectivity index (χ0) is 14.3. The summed E-state index contributed by atoms with van der Waals surface area (Å²) in [5, 5.41) is 2.89. The van der Waals surface area contributed by atoms with Gasteiger partial charge in [-0.25, -0.2) is 0 Å². The van der Waals surface area contributed by atoms with Gasteiger partial charge in [0.15, 0.2) is 11.5 Å². The van der Waals surface area contributed by atoms with Crippen LogP contribution in [-0.4, -0.2) is 31.5 Å². The third kappa shape index (κ3) is 4.74. The summed E-state index contributed by atoms with van der Waals surface area (Å²) in [6, 6.07) is 5.77. The van der Waals surface area contributed by atoms with E-state index in [9.17, 15) is 4.79 Å². The van der Waals surface area contributed by atoms with Crippen molar-refractivity contribution in [2.75, 3.05) is 20.8 Å². The number of hydrogen-bond donors (Lipinski definition) is 1. The molecule has 106 valence electrons. The number of hydrogen-bond acceptors (Lipinski definition) is 3. The molecular formula is C14H20BrNO3. The SMILES string of the molecule is CC[C@H](Br)C(=O)NCCc1ccc(OC)c(OC)c1. The number of benzene rings is 1. The van der Waals surface area contributed by atoms with Gasteiger partial charge < -0.3 is 14.8 Å². The molecule has 19 heavy (non-hydrogen) atoms. The molecule has 0 saturated carbocycles. The number of ether oxygens (including phenoxy) is 2. The molecule has 0 heterocycles. The van der Waals surface area contributed by atoms with E-state index in [1.54, 1.807) is 14.2 Å². The zero-order valence-corrected chi connectivity index (χ0v) is 13.1. The number of rotatable bonds is 7. The van der Waals surface area contributed by atoms with Gasteiger partial charge in [-0.05, 0) is 30.5 Å². The van der Waals surface area contributed by atoms with E-state index in [0.29, 0.717) is 18.0 Å². The van der Waals surface area contributed by atoms with Crippen LogP contribution in [0.15, 0.2) is 18.2 Å². The molecular weight excluding hydrogens is 310 g/mol. The van der Waals surface area contributed by atoms with Gasteiger partial charge in [0.2, 0.25) is 5.91 Å². The highest BCUT2D eigenvalue weighted by Gasteiger charge is 2.11. The molecule has 0 aliphatic rings. The van der Waals surface area contributed by atoms with E-state index in [-0.39, 0.29) is 10.7 Å². The maximum atomic E-state index is 11.6. The van der Waals surface area contributed by atoms with Crippen LogP contribution in [0.5, 0.6) is 11.5 Å². The monoisotopic (exact) mass is 329 g/mol. The maximum Gasteiger partial charge on any atom is 0.233 e. The highest BCUT2D eigenvalue weighted by Crippen LogP contribution is 2.27. The fraction of sp³-hybridized carbons (Fsp3) is 0.500. The molecule has 0 saturated heterocycles. The summed E-state index contributed by atoms with van der Waals surface area (Å²) in [5.41, 5.74) is 1.10. The van der Waals surface area contributed by atoms with Crippen molar-refractivity contribution in [3.63, 3.8) is 0 Å². The molecule has 0 radical (unpaired) electrons. The second-order valence-corrected chi connectivity index (χ2v) is 5.21. The lowest BCUT2D eigenvalue weighted by Gasteiger charge is -2.11. The lowest BCUT2D eigenvalue weighted by Crippen LogP contribution is -2.32. The topological polar surface area (TPSA) is 47.6 Å². The highest BCUT2D eigenvalue weighted by atomic mass is 79.9. The number of carbonyl (C=O) groups is 1. The van der Waals surface area contributed by atoms with Crippen LogP contribution in [0.4, 0.5) is 0 Å². The lowest BCUT2D eigenvalue weighted by molar-refractivity contribution is -0.120. The van der Waals surface area contributed by atoms with Gasteiger partial charge in [0.1, 0.15) is 0 Å². The van der Waals surface area contributed by atoms with E-state index in [2.05, 4.69) is 21.2 Å². The van der Waals surface area contributed by atoms with Crippen molar-refractivity contribution in [3.05, 3.63) is 23.8 Å². The minimum atomic E-state index is -0.113. The van der Waals surface area contributed by atoms with Gasteiger partial charge in [0.05, 0.1) is 19.0 Å². The van der Waals surface area contributed by atoms with Crippen molar-refractivity contribution in [1.82, 2.24) is 5.32 Å². The minimum absolute atomic E-state index is 0.0305. The Labute approximate surface area is 122 Å². The lowest BCUT2D eigenvalue weighted by atomic mass is 10.1. The Kier molecular flexibility index (Phi) is 6.70. The average Bonchev–Trinajstić information content (AvgIpc) is 2.45. The van der Waals surface area contributed by atoms with Crippen molar-refractivity contribution in [2.45, 2.75) is 24.6 Å². The number of nitrogens with one attached hydrogen (secondary N) is 1. The molecule has 0 aliphatic carbocycles. The van der Waals surface area contributed by atoms with Gasteiger partial charge in [0.25, 0.3) is 0 Å². The first-order valence-corrected chi connectivity index (χ1v) is 7.16. The Bertz CT molecular complexity index is 423. The van der Waals surface area contributed by atoms with Crippen LogP contribution in [0.1, 0.15) is 18.9 Å². The molecule has 0 aromatic heterocycles. The molecule has 1 rings (SSSR count). The molecule has 1 N–H and O–H groups in total. The van der Waals surface area contributed by atoms with Crippen LogP contribution >= 0.6 is 15.9 Å². The maximum absolute atomic E-state index is 11.6. The van der Waals surface area contributed by atoms with Crippen molar-refractivity contribution >= 4 is 21.8 Å². The van der Waals surface area contributed by atoms with Crippen molar-refractivity contribution in [2.24, 2.45) is 0 Å². The van der Waals surface area contributed by atoms with Gasteiger partial charge in [0, 0.05) is 6.54 Å². The molecule has 1 aromatic carbocycles. The van der Waals surface area contributed by atoms with E-state index in [1.165, 1.54) is 0 Å². The standard InChI is InChI=1S/C14H20BrNO3/c1-4-11(15)14(17)16-8-7-10-5-6-12(18-2)13(9-10)19-3/h5-6,9,11H,4,7-8H2,1-3H3,(H,16,17)/t11-/m0/s1. The Balaban J connectivity index is 2.52. The normalized spacial score (nSPS) is 11.8. The second kappa shape index (κ2) is 8.04. The molecule has 0 aliphatic heterocycles. The molecule has 0 spiro atoms. The second-order valence-electron chi connectivity index (χ2n) is 4.11. The Morgan fingerprint density at radius 2 is 2.00 bits per heavy atom. The highest BCUT2D eigenvalue weighted by molar-refractivity contribution is 9.10. The molecule has 4 nitrogen and oxygen atoms in total. The molecule has 5 heteroatoms. The zero-order valence-electron chi connectivity index (χ0n) is 11.5. The van der Waals surface area contributed by atoms with Crippen LogP contribution in [0, 0.1) is 0 Å². The summed E-state index contributed by atoms with van der Waals surface area (Å²) in [5.74, 6) is 1.45. The number of halogens is 1. The first-order valence-electron chi connectivity index (χ1n) is 6.25. The van der Waals surface area contributed by atoms with E-state index in [0.717, 1.165) is 18.4 Å². The molecule has 0 unspecified atom stereocenters. The molecule has 1 amide bonds. The third-order valence-corrected chi connectivity index (χ3v) is 3.87. The average molecular weight is 330 g/mol. The van der Waals surface area contributed by atoms with Crippen LogP contribution < -0.4 is 14.8 Å². The van der Waals surface area contributed by atoms with E-state index in [1.807, 2.05) is 25.1 Å². The number of alkyl halides is 1. The summed E-state index contributed by atoms with van der Waals surface area (Å²) in [6.45, 7) is 2.57. The Morgan fingerprint density at radius 3 is 2.58 bits per heavy atom. The van der Waals surface area contributed by atoms with Gasteiger partial charge in [-0.15, -0.1) is 0 Å². The first kappa shape index (κ1) is 15.8. The molecule has 0 fully saturated rings. The fourth-order valence-corrected chi connectivity index (χ4v) is 1.82. The molecule has 0 bridgehead atoms. The van der Waals surface area contributed by atoms with Crippen molar-refractivity contribution in [1.29, 1.82) is 0 Å². The summed E-state index contributed by atoms with van der Waals surface area (Å²) in [6.07, 6.45) is 1.54. The van der Waals surface area contributed by atoms with Crippen molar-refractivity contribution in [3.8, 4) is 11.5 Å². The van der Waals surface area contributed by atoms with Crippen LogP contribution in [0.25, 0.3) is 0 Å². The minimum Gasteiger partial charge on any atom is -0.493 e. The predicted octanol–water partition coefficient (Wildman–Crippen LogP) is 2.54. The number of carbonyl (C=O) groups excluding carboxylic acids is 1. The third-order valence-electron chi connectivity index (χ3n) is 2.80. The first-order chi connectivity index (χ1) is 9.12. The van der Waals surface area contributed by atoms with Crippen LogP contribution in [0.2, 0.25) is 0 Å². The van der Waals surface area contributed by atoms with E-state index >= 15 is 0 Å². The molecule has 1 atom stereocenters. The number of amides is 1. The summed E-state index contributed by atoms with van der Waals surface area (Å²) >= 11 is 3.32. The van der Waals surface area contributed by atoms with Gasteiger partial charge >= 0.3 is 0 Å². The van der Waals surface area contributed by atoms with E-state index < -0.39 is 0 Å². The quantitative estimate of drug-likeness (QED) is 0.782. The summed E-state index contributed by atoms with van der Waals surface area (Å²) < 4.78 is 10.4. The fourth-order valence-electron chi connectivity index (χ4n) is 1.66. The van der Waals surface area contributed by atoms with E-state index in [4.69, 9.17) is 9.47 Å². The van der Waals surface area contributed by atoms with Crippen LogP contribution in [-0.2, 0) is 11.2 Å². The van der Waals surface area contributed by atoms with Gasteiger partial charge in [-0.1, -0.05) is 28.9 Å². The predicted molar refractivity (Wildman–Crippen MR) is 79.3 cm³/mol. The largest absolute Gasteiger partial charge is 0.493 e. The number of methoxy groups -OCH3 is 2. The Morgan fingerprint density at radius 1 is 1.32 bits per heavy atom. The molecule has 1 aromatic rings. The summed E-state index contributed by atoms with van der Waals surface area (Å²) in [7, 11) is 3.22.